The molecule has 21 heavy (non-hydrogen) atoms. The van der Waals surface area contributed by atoms with Crippen molar-refractivity contribution in [1.29, 1.82) is 0 Å². The Kier molecular flexibility index (Phi) is 5.76. The summed E-state index contributed by atoms with van der Waals surface area (Å²) >= 11 is 0. The van der Waals surface area contributed by atoms with Crippen LogP contribution >= 0.6 is 0 Å². The smallest absolute Gasteiger partial charge is 0.150 e. The summed E-state index contributed by atoms with van der Waals surface area (Å²) in [5.74, 6) is 1.76. The van der Waals surface area contributed by atoms with Crippen LogP contribution in [-0.2, 0) is 11.3 Å². The van der Waals surface area contributed by atoms with E-state index in [1.54, 1.807) is 0 Å². The molecule has 0 aliphatic carbocycles. The molecule has 0 bridgehead atoms. The molecule has 1 saturated heterocycles. The van der Waals surface area contributed by atoms with E-state index in [0.717, 1.165) is 38.4 Å². The quantitative estimate of drug-likeness (QED) is 0.835. The van der Waals surface area contributed by atoms with Crippen molar-refractivity contribution in [2.24, 2.45) is 17.6 Å². The second-order valence-corrected chi connectivity index (χ2v) is 6.24. The van der Waals surface area contributed by atoms with Crippen LogP contribution < -0.4 is 10.5 Å². The standard InChI is InChI=1S/C17H26N2O2/c1-13(2)12-21-16-5-3-4-14(8-16)10-19-7-6-15(11-19)17(20)9-18/h3-5,8,13,15H,6-7,9-12,18H2,1-2H3. The molecule has 0 saturated carbocycles. The van der Waals surface area contributed by atoms with E-state index >= 15 is 0 Å². The molecule has 0 amide bonds. The fraction of sp³-hybridized carbons (Fsp3) is 0.588. The zero-order chi connectivity index (χ0) is 15.2. The van der Waals surface area contributed by atoms with Gasteiger partial charge in [0.05, 0.1) is 13.2 Å². The summed E-state index contributed by atoms with van der Waals surface area (Å²) in [6.07, 6.45) is 0.930. The topological polar surface area (TPSA) is 55.6 Å². The number of carbonyl (C=O) groups excluding carboxylic acids is 1. The van der Waals surface area contributed by atoms with Crippen LogP contribution in [0.4, 0.5) is 0 Å². The van der Waals surface area contributed by atoms with Gasteiger partial charge in [-0.25, -0.2) is 0 Å². The molecular weight excluding hydrogens is 264 g/mol. The van der Waals surface area contributed by atoms with Crippen molar-refractivity contribution in [2.75, 3.05) is 26.2 Å². The molecule has 2 rings (SSSR count). The Morgan fingerprint density at radius 1 is 1.48 bits per heavy atom. The van der Waals surface area contributed by atoms with E-state index in [4.69, 9.17) is 10.5 Å². The van der Waals surface area contributed by atoms with Crippen LogP contribution in [0.5, 0.6) is 5.75 Å². The van der Waals surface area contributed by atoms with Gasteiger partial charge in [0.2, 0.25) is 0 Å². The molecule has 1 aliphatic heterocycles. The highest BCUT2D eigenvalue weighted by molar-refractivity contribution is 5.83. The second-order valence-electron chi connectivity index (χ2n) is 6.24. The van der Waals surface area contributed by atoms with Crippen LogP contribution in [0, 0.1) is 11.8 Å². The van der Waals surface area contributed by atoms with E-state index in [-0.39, 0.29) is 18.2 Å². The average Bonchev–Trinajstić information content (AvgIpc) is 2.93. The number of benzene rings is 1. The number of hydrogen-bond donors (Lipinski definition) is 1. The Labute approximate surface area is 127 Å². The summed E-state index contributed by atoms with van der Waals surface area (Å²) in [6, 6.07) is 8.24. The van der Waals surface area contributed by atoms with E-state index in [2.05, 4.69) is 30.9 Å². The zero-order valence-corrected chi connectivity index (χ0v) is 13.0. The van der Waals surface area contributed by atoms with Gasteiger partial charge < -0.3 is 10.5 Å². The molecule has 0 radical (unpaired) electrons. The summed E-state index contributed by atoms with van der Waals surface area (Å²) in [6.45, 7) is 7.84. The summed E-state index contributed by atoms with van der Waals surface area (Å²) in [4.78, 5) is 14.0. The van der Waals surface area contributed by atoms with Gasteiger partial charge in [-0.3, -0.25) is 9.69 Å². The number of nitrogens with two attached hydrogens (primary N) is 1. The van der Waals surface area contributed by atoms with Crippen LogP contribution in [-0.4, -0.2) is 36.9 Å². The molecule has 1 aliphatic rings. The number of Topliss-reactive ketones (excluding diaryl/α,β-unsaturated/α-hetero) is 1. The minimum Gasteiger partial charge on any atom is -0.493 e. The first-order chi connectivity index (χ1) is 10.1. The van der Waals surface area contributed by atoms with E-state index in [1.165, 1.54) is 5.56 Å². The molecule has 2 N–H and O–H groups in total. The Bertz CT molecular complexity index is 474. The van der Waals surface area contributed by atoms with Crippen molar-refractivity contribution < 1.29 is 9.53 Å². The number of rotatable bonds is 7. The number of ether oxygens (including phenoxy) is 1. The van der Waals surface area contributed by atoms with Crippen molar-refractivity contribution in [3.63, 3.8) is 0 Å². The maximum absolute atomic E-state index is 11.6. The van der Waals surface area contributed by atoms with Crippen molar-refractivity contribution >= 4 is 5.78 Å². The summed E-state index contributed by atoms with van der Waals surface area (Å²) in [5, 5.41) is 0. The fourth-order valence-corrected chi connectivity index (χ4v) is 2.66. The maximum Gasteiger partial charge on any atom is 0.150 e. The van der Waals surface area contributed by atoms with Gasteiger partial charge in [-0.05, 0) is 36.6 Å². The Balaban J connectivity index is 1.88. The number of hydrogen-bond acceptors (Lipinski definition) is 4. The van der Waals surface area contributed by atoms with Crippen molar-refractivity contribution in [3.05, 3.63) is 29.8 Å². The zero-order valence-electron chi connectivity index (χ0n) is 13.0. The molecule has 1 atom stereocenters. The van der Waals surface area contributed by atoms with Gasteiger partial charge in [0.1, 0.15) is 5.75 Å². The molecule has 116 valence electrons. The van der Waals surface area contributed by atoms with Crippen LogP contribution in [0.25, 0.3) is 0 Å². The van der Waals surface area contributed by atoms with Crippen LogP contribution in [0.1, 0.15) is 25.8 Å². The molecule has 0 spiro atoms. The molecule has 1 heterocycles. The highest BCUT2D eigenvalue weighted by Crippen LogP contribution is 2.21. The Morgan fingerprint density at radius 2 is 2.29 bits per heavy atom. The summed E-state index contributed by atoms with van der Waals surface area (Å²) in [5.41, 5.74) is 6.68. The molecule has 1 unspecified atom stereocenters. The summed E-state index contributed by atoms with van der Waals surface area (Å²) in [7, 11) is 0. The van der Waals surface area contributed by atoms with Gasteiger partial charge in [0.15, 0.2) is 5.78 Å². The fourth-order valence-electron chi connectivity index (χ4n) is 2.66. The lowest BCUT2D eigenvalue weighted by molar-refractivity contribution is -0.121. The van der Waals surface area contributed by atoms with Gasteiger partial charge in [0.25, 0.3) is 0 Å². The molecule has 1 aromatic rings. The highest BCUT2D eigenvalue weighted by atomic mass is 16.5. The highest BCUT2D eigenvalue weighted by Gasteiger charge is 2.27. The normalized spacial score (nSPS) is 19.1. The third kappa shape index (κ3) is 4.83. The van der Waals surface area contributed by atoms with E-state index in [0.29, 0.717) is 5.92 Å². The van der Waals surface area contributed by atoms with Gasteiger partial charge in [-0.1, -0.05) is 26.0 Å². The van der Waals surface area contributed by atoms with Crippen LogP contribution in [0.2, 0.25) is 0 Å². The third-order valence-electron chi connectivity index (χ3n) is 3.82. The number of nitrogens with zero attached hydrogens (tertiary/aromatic N) is 1. The SMILES string of the molecule is CC(C)COc1cccc(CN2CCC(C(=O)CN)C2)c1. The monoisotopic (exact) mass is 290 g/mol. The van der Waals surface area contributed by atoms with Crippen molar-refractivity contribution in [1.82, 2.24) is 4.90 Å². The Hall–Kier alpha value is -1.39. The van der Waals surface area contributed by atoms with Gasteiger partial charge in [0, 0.05) is 19.0 Å². The van der Waals surface area contributed by atoms with E-state index in [9.17, 15) is 4.79 Å². The first-order valence-corrected chi connectivity index (χ1v) is 7.75. The lowest BCUT2D eigenvalue weighted by Crippen LogP contribution is -2.27. The summed E-state index contributed by atoms with van der Waals surface area (Å²) < 4.78 is 5.76. The third-order valence-corrected chi connectivity index (χ3v) is 3.82. The van der Waals surface area contributed by atoms with E-state index < -0.39 is 0 Å². The maximum atomic E-state index is 11.6. The molecule has 4 heteroatoms. The molecule has 0 aromatic heterocycles. The van der Waals surface area contributed by atoms with Gasteiger partial charge in [-0.15, -0.1) is 0 Å². The van der Waals surface area contributed by atoms with E-state index in [1.807, 2.05) is 12.1 Å². The predicted octanol–water partition coefficient (Wildman–Crippen LogP) is 2.07. The van der Waals surface area contributed by atoms with Gasteiger partial charge >= 0.3 is 0 Å². The average molecular weight is 290 g/mol. The predicted molar refractivity (Wildman–Crippen MR) is 84.2 cm³/mol. The first kappa shape index (κ1) is 16.0. The number of ketones is 1. The largest absolute Gasteiger partial charge is 0.493 e. The lowest BCUT2D eigenvalue weighted by atomic mass is 10.0. The lowest BCUT2D eigenvalue weighted by Gasteiger charge is -2.16. The van der Waals surface area contributed by atoms with Crippen molar-refractivity contribution in [3.8, 4) is 5.75 Å². The minimum atomic E-state index is 0.121. The van der Waals surface area contributed by atoms with Gasteiger partial charge in [-0.2, -0.15) is 0 Å². The molecular formula is C17H26N2O2. The first-order valence-electron chi connectivity index (χ1n) is 7.75. The molecule has 1 fully saturated rings. The van der Waals surface area contributed by atoms with Crippen LogP contribution in [0.3, 0.4) is 0 Å². The number of carbonyl (C=O) groups is 1. The molecule has 1 aromatic carbocycles. The van der Waals surface area contributed by atoms with Crippen LogP contribution in [0.15, 0.2) is 24.3 Å². The Morgan fingerprint density at radius 3 is 3.00 bits per heavy atom. The van der Waals surface area contributed by atoms with Crippen molar-refractivity contribution in [2.45, 2.75) is 26.8 Å². The minimum absolute atomic E-state index is 0.121. The number of likely N-dealkylation sites (tertiary alicyclic amines) is 1. The molecule has 4 nitrogen and oxygen atoms in total. The second kappa shape index (κ2) is 7.57.